The van der Waals surface area contributed by atoms with E-state index in [0.717, 1.165) is 23.4 Å². The van der Waals surface area contributed by atoms with E-state index >= 15 is 0 Å². The molecule has 21 heavy (non-hydrogen) atoms. The number of nitrogens with zero attached hydrogens (tertiary/aromatic N) is 2. The van der Waals surface area contributed by atoms with Gasteiger partial charge in [-0.2, -0.15) is 11.8 Å². The molecule has 1 aromatic carbocycles. The van der Waals surface area contributed by atoms with Gasteiger partial charge in [-0.3, -0.25) is 0 Å². The summed E-state index contributed by atoms with van der Waals surface area (Å²) in [5.74, 6) is 0.0132. The van der Waals surface area contributed by atoms with Crippen molar-refractivity contribution in [1.82, 2.24) is 9.80 Å². The number of hydrogen-bond donors (Lipinski definition) is 1. The molecule has 0 aliphatic carbocycles. The summed E-state index contributed by atoms with van der Waals surface area (Å²) in [6.07, 6.45) is 2.61. The molecule has 1 heterocycles. The first-order valence-electron chi connectivity index (χ1n) is 6.87. The lowest BCUT2D eigenvalue weighted by molar-refractivity contribution is 0.0695. The molecule has 1 aliphatic heterocycles. The zero-order chi connectivity index (χ0) is 15.4. The zero-order valence-electron chi connectivity index (χ0n) is 12.3. The molecule has 0 spiro atoms. The molecule has 5 nitrogen and oxygen atoms in total. The molecule has 6 heteroatoms. The summed E-state index contributed by atoms with van der Waals surface area (Å²) < 4.78 is 0. The Morgan fingerprint density at radius 1 is 1.43 bits per heavy atom. The van der Waals surface area contributed by atoms with Gasteiger partial charge in [0.15, 0.2) is 0 Å². The molecule has 0 saturated carbocycles. The molecule has 0 saturated heterocycles. The number of benzene rings is 1. The van der Waals surface area contributed by atoms with Crippen LogP contribution in [0.2, 0.25) is 0 Å². The Bertz CT molecular complexity index is 548. The van der Waals surface area contributed by atoms with E-state index in [4.69, 9.17) is 0 Å². The molecule has 0 bridgehead atoms. The molecule has 1 aliphatic rings. The van der Waals surface area contributed by atoms with Gasteiger partial charge in [-0.05, 0) is 29.9 Å². The van der Waals surface area contributed by atoms with Gasteiger partial charge in [-0.1, -0.05) is 12.1 Å². The van der Waals surface area contributed by atoms with E-state index in [1.165, 1.54) is 0 Å². The number of carbonyl (C=O) groups is 2. The smallest absolute Gasteiger partial charge is 0.335 e. The van der Waals surface area contributed by atoms with Crippen molar-refractivity contribution in [1.29, 1.82) is 0 Å². The number of thioether (sulfide) groups is 1. The maximum Gasteiger partial charge on any atom is 0.335 e. The summed E-state index contributed by atoms with van der Waals surface area (Å²) in [6, 6.07) is 5.29. The number of amides is 2. The molecule has 114 valence electrons. The minimum Gasteiger partial charge on any atom is -0.478 e. The van der Waals surface area contributed by atoms with Gasteiger partial charge in [0.25, 0.3) is 0 Å². The van der Waals surface area contributed by atoms with Crippen LogP contribution in [-0.4, -0.2) is 59.1 Å². The van der Waals surface area contributed by atoms with Crippen molar-refractivity contribution in [2.24, 2.45) is 0 Å². The second kappa shape index (κ2) is 6.85. The highest BCUT2D eigenvalue weighted by Gasteiger charge is 2.25. The SMILES string of the molecule is CSCCN(C)C(=O)N1CCc2c(cccc2C(=O)O)C1. The number of aromatic carboxylic acids is 1. The molecular weight excluding hydrogens is 288 g/mol. The highest BCUT2D eigenvalue weighted by atomic mass is 32.2. The second-order valence-electron chi connectivity index (χ2n) is 5.12. The molecule has 0 fully saturated rings. The van der Waals surface area contributed by atoms with Gasteiger partial charge in [-0.15, -0.1) is 0 Å². The Balaban J connectivity index is 2.11. The van der Waals surface area contributed by atoms with Crippen LogP contribution in [0.5, 0.6) is 0 Å². The molecule has 0 radical (unpaired) electrons. The Morgan fingerprint density at radius 2 is 2.19 bits per heavy atom. The van der Waals surface area contributed by atoms with Crippen LogP contribution >= 0.6 is 11.8 Å². The minimum atomic E-state index is -0.899. The van der Waals surface area contributed by atoms with Crippen molar-refractivity contribution < 1.29 is 14.7 Å². The number of hydrogen-bond acceptors (Lipinski definition) is 3. The molecule has 2 amide bonds. The monoisotopic (exact) mass is 308 g/mol. The number of carboxylic acid groups (broad SMARTS) is 1. The molecule has 1 aromatic rings. The van der Waals surface area contributed by atoms with E-state index in [0.29, 0.717) is 25.1 Å². The van der Waals surface area contributed by atoms with Crippen LogP contribution in [0.25, 0.3) is 0 Å². The average molecular weight is 308 g/mol. The summed E-state index contributed by atoms with van der Waals surface area (Å²) in [5, 5.41) is 9.21. The fourth-order valence-electron chi connectivity index (χ4n) is 2.54. The van der Waals surface area contributed by atoms with E-state index in [1.54, 1.807) is 33.7 Å². The third kappa shape index (κ3) is 3.50. The van der Waals surface area contributed by atoms with Gasteiger partial charge in [-0.25, -0.2) is 9.59 Å². The minimum absolute atomic E-state index is 0.00966. The first kappa shape index (κ1) is 15.7. The van der Waals surface area contributed by atoms with Gasteiger partial charge in [0, 0.05) is 32.4 Å². The maximum absolute atomic E-state index is 12.4. The normalized spacial score (nSPS) is 13.7. The average Bonchev–Trinajstić information content (AvgIpc) is 2.50. The van der Waals surface area contributed by atoms with Crippen LogP contribution in [0.15, 0.2) is 18.2 Å². The van der Waals surface area contributed by atoms with Gasteiger partial charge in [0.1, 0.15) is 0 Å². The summed E-state index contributed by atoms with van der Waals surface area (Å²) in [7, 11) is 1.81. The number of rotatable bonds is 4. The molecule has 1 N–H and O–H groups in total. The van der Waals surface area contributed by atoms with Crippen molar-refractivity contribution >= 4 is 23.8 Å². The van der Waals surface area contributed by atoms with E-state index < -0.39 is 5.97 Å². The van der Waals surface area contributed by atoms with E-state index in [2.05, 4.69) is 0 Å². The molecular formula is C15H20N2O3S. The van der Waals surface area contributed by atoms with Crippen molar-refractivity contribution in [2.45, 2.75) is 13.0 Å². The highest BCUT2D eigenvalue weighted by molar-refractivity contribution is 7.98. The second-order valence-corrected chi connectivity index (χ2v) is 6.10. The Labute approximate surface area is 128 Å². The number of urea groups is 1. The van der Waals surface area contributed by atoms with E-state index in [9.17, 15) is 14.7 Å². The van der Waals surface area contributed by atoms with Gasteiger partial charge >= 0.3 is 12.0 Å². The third-order valence-corrected chi connectivity index (χ3v) is 4.32. The first-order chi connectivity index (χ1) is 10.0. The van der Waals surface area contributed by atoms with Gasteiger partial charge in [0.2, 0.25) is 0 Å². The van der Waals surface area contributed by atoms with Crippen LogP contribution in [0, 0.1) is 0 Å². The summed E-state index contributed by atoms with van der Waals surface area (Å²) in [5.41, 5.74) is 2.16. The lowest BCUT2D eigenvalue weighted by Crippen LogP contribution is -2.44. The molecule has 2 rings (SSSR count). The van der Waals surface area contributed by atoms with Crippen molar-refractivity contribution in [2.75, 3.05) is 32.1 Å². The van der Waals surface area contributed by atoms with Crippen LogP contribution in [0.3, 0.4) is 0 Å². The lowest BCUT2D eigenvalue weighted by atomic mass is 9.94. The number of fused-ring (bicyclic) bond motifs is 1. The Morgan fingerprint density at radius 3 is 2.86 bits per heavy atom. The molecule has 0 aromatic heterocycles. The quantitative estimate of drug-likeness (QED) is 0.926. The predicted octanol–water partition coefficient (Wildman–Crippen LogP) is 2.16. The fourth-order valence-corrected chi connectivity index (χ4v) is 2.99. The first-order valence-corrected chi connectivity index (χ1v) is 8.27. The van der Waals surface area contributed by atoms with Gasteiger partial charge < -0.3 is 14.9 Å². The molecule has 0 atom stereocenters. The van der Waals surface area contributed by atoms with E-state index in [-0.39, 0.29) is 6.03 Å². The summed E-state index contributed by atoms with van der Waals surface area (Å²) in [4.78, 5) is 27.1. The van der Waals surface area contributed by atoms with Crippen LogP contribution in [0.4, 0.5) is 4.79 Å². The predicted molar refractivity (Wildman–Crippen MR) is 83.9 cm³/mol. The lowest BCUT2D eigenvalue weighted by Gasteiger charge is -2.32. The summed E-state index contributed by atoms with van der Waals surface area (Å²) >= 11 is 1.71. The highest BCUT2D eigenvalue weighted by Crippen LogP contribution is 2.23. The largest absolute Gasteiger partial charge is 0.478 e. The number of carboxylic acids is 1. The number of carbonyl (C=O) groups excluding carboxylic acids is 1. The van der Waals surface area contributed by atoms with Crippen LogP contribution in [-0.2, 0) is 13.0 Å². The van der Waals surface area contributed by atoms with E-state index in [1.807, 2.05) is 19.4 Å². The Kier molecular flexibility index (Phi) is 5.12. The fraction of sp³-hybridized carbons (Fsp3) is 0.467. The van der Waals surface area contributed by atoms with Crippen molar-refractivity contribution in [3.05, 3.63) is 34.9 Å². The van der Waals surface area contributed by atoms with Crippen molar-refractivity contribution in [3.8, 4) is 0 Å². The summed E-state index contributed by atoms with van der Waals surface area (Å²) in [6.45, 7) is 1.77. The zero-order valence-corrected chi connectivity index (χ0v) is 13.2. The topological polar surface area (TPSA) is 60.9 Å². The molecule has 0 unspecified atom stereocenters. The standard InChI is InChI=1S/C15H20N2O3S/c1-16(8-9-21-2)15(20)17-7-6-12-11(10-17)4-3-5-13(12)14(18)19/h3-5H,6-10H2,1-2H3,(H,18,19). The van der Waals surface area contributed by atoms with Crippen LogP contribution < -0.4 is 0 Å². The van der Waals surface area contributed by atoms with Crippen LogP contribution in [0.1, 0.15) is 21.5 Å². The third-order valence-electron chi connectivity index (χ3n) is 3.72. The Hall–Kier alpha value is -1.69. The maximum atomic E-state index is 12.4. The van der Waals surface area contributed by atoms with Gasteiger partial charge in [0.05, 0.1) is 5.56 Å². The van der Waals surface area contributed by atoms with Crippen molar-refractivity contribution in [3.63, 3.8) is 0 Å².